The largest absolute Gasteiger partial charge is 0.535 e. The van der Waals surface area contributed by atoms with Crippen molar-refractivity contribution in [3.8, 4) is 5.75 Å². The standard InChI is InChI=1S/C18H23BN2O4S/c22-17(23)15-14(2-1-11-12-7-13(12)19(24)25-16(11)15)26-6-5-21-4-3-18(10-21)8-20-9-18/h1-2,12-13,20,24H,3-10H2,(H,22,23). The molecule has 0 radical (unpaired) electrons. The molecule has 2 atom stereocenters. The Morgan fingerprint density at radius 3 is 3.00 bits per heavy atom. The molecule has 138 valence electrons. The molecule has 2 unspecified atom stereocenters. The summed E-state index contributed by atoms with van der Waals surface area (Å²) < 4.78 is 5.59. The average molecular weight is 374 g/mol. The van der Waals surface area contributed by atoms with Gasteiger partial charge in [0.15, 0.2) is 0 Å². The van der Waals surface area contributed by atoms with E-state index < -0.39 is 13.1 Å². The van der Waals surface area contributed by atoms with E-state index in [1.165, 1.54) is 6.42 Å². The second-order valence-corrected chi connectivity index (χ2v) is 9.29. The molecule has 5 rings (SSSR count). The summed E-state index contributed by atoms with van der Waals surface area (Å²) in [5.41, 5.74) is 1.66. The molecule has 0 aromatic heterocycles. The van der Waals surface area contributed by atoms with E-state index in [0.29, 0.717) is 11.2 Å². The fourth-order valence-corrected chi connectivity index (χ4v) is 5.75. The number of fused-ring (bicyclic) bond motifs is 3. The molecular weight excluding hydrogens is 351 g/mol. The van der Waals surface area contributed by atoms with Crippen molar-refractivity contribution in [3.05, 3.63) is 23.3 Å². The summed E-state index contributed by atoms with van der Waals surface area (Å²) in [4.78, 5) is 15.1. The van der Waals surface area contributed by atoms with Gasteiger partial charge < -0.3 is 25.0 Å². The Morgan fingerprint density at radius 1 is 1.46 bits per heavy atom. The molecule has 26 heavy (non-hydrogen) atoms. The van der Waals surface area contributed by atoms with Gasteiger partial charge in [0.1, 0.15) is 11.3 Å². The number of benzene rings is 1. The summed E-state index contributed by atoms with van der Waals surface area (Å²) in [6.45, 7) is 5.52. The van der Waals surface area contributed by atoms with Crippen LogP contribution in [0.15, 0.2) is 17.0 Å². The molecule has 3 heterocycles. The number of nitrogens with one attached hydrogen (secondary N) is 1. The third-order valence-electron chi connectivity index (χ3n) is 6.39. The normalized spacial score (nSPS) is 28.3. The van der Waals surface area contributed by atoms with Crippen LogP contribution in [-0.4, -0.2) is 66.6 Å². The molecule has 1 aromatic rings. The lowest BCUT2D eigenvalue weighted by Crippen LogP contribution is -2.54. The lowest BCUT2D eigenvalue weighted by Gasteiger charge is -2.39. The molecule has 8 heteroatoms. The van der Waals surface area contributed by atoms with Crippen LogP contribution in [0, 0.1) is 5.41 Å². The summed E-state index contributed by atoms with van der Waals surface area (Å²) in [5, 5.41) is 23.1. The van der Waals surface area contributed by atoms with E-state index in [4.69, 9.17) is 4.65 Å². The van der Waals surface area contributed by atoms with Gasteiger partial charge in [-0.2, -0.15) is 0 Å². The smallest absolute Gasteiger partial charge is 0.526 e. The fourth-order valence-electron chi connectivity index (χ4n) is 4.69. The van der Waals surface area contributed by atoms with Crippen LogP contribution in [0.4, 0.5) is 0 Å². The molecule has 2 saturated heterocycles. The zero-order chi connectivity index (χ0) is 17.9. The number of carboxylic acid groups (broad SMARTS) is 1. The van der Waals surface area contributed by atoms with Gasteiger partial charge in [0.05, 0.1) is 0 Å². The Morgan fingerprint density at radius 2 is 2.31 bits per heavy atom. The minimum absolute atomic E-state index is 0.131. The number of likely N-dealkylation sites (tertiary alicyclic amines) is 1. The van der Waals surface area contributed by atoms with Crippen molar-refractivity contribution in [2.24, 2.45) is 5.41 Å². The lowest BCUT2D eigenvalue weighted by molar-refractivity contribution is 0.0690. The van der Waals surface area contributed by atoms with Gasteiger partial charge in [-0.25, -0.2) is 4.79 Å². The first-order valence-electron chi connectivity index (χ1n) is 9.37. The third-order valence-corrected chi connectivity index (χ3v) is 7.43. The van der Waals surface area contributed by atoms with Gasteiger partial charge in [-0.1, -0.05) is 6.07 Å². The topological polar surface area (TPSA) is 82.0 Å². The van der Waals surface area contributed by atoms with E-state index in [1.807, 2.05) is 12.1 Å². The van der Waals surface area contributed by atoms with Crippen molar-refractivity contribution in [2.45, 2.75) is 29.5 Å². The Kier molecular flexibility index (Phi) is 4.01. The van der Waals surface area contributed by atoms with Crippen molar-refractivity contribution in [2.75, 3.05) is 38.5 Å². The highest BCUT2D eigenvalue weighted by Crippen LogP contribution is 2.60. The Bertz CT molecular complexity index is 757. The van der Waals surface area contributed by atoms with E-state index >= 15 is 0 Å². The molecule has 0 bridgehead atoms. The highest BCUT2D eigenvalue weighted by molar-refractivity contribution is 7.99. The number of carboxylic acids is 1. The zero-order valence-electron chi connectivity index (χ0n) is 14.6. The first-order chi connectivity index (χ1) is 12.6. The number of thioether (sulfide) groups is 1. The van der Waals surface area contributed by atoms with Gasteiger partial charge >= 0.3 is 13.1 Å². The third kappa shape index (κ3) is 2.74. The van der Waals surface area contributed by atoms with E-state index in [1.54, 1.807) is 11.8 Å². The minimum Gasteiger partial charge on any atom is -0.535 e. The molecule has 6 nitrogen and oxygen atoms in total. The molecule has 3 N–H and O–H groups in total. The summed E-state index contributed by atoms with van der Waals surface area (Å²) in [6.07, 6.45) is 2.14. The van der Waals surface area contributed by atoms with E-state index in [2.05, 4.69) is 10.2 Å². The molecule has 4 aliphatic rings. The van der Waals surface area contributed by atoms with Crippen LogP contribution < -0.4 is 9.97 Å². The Labute approximate surface area is 157 Å². The molecule has 1 saturated carbocycles. The van der Waals surface area contributed by atoms with E-state index in [9.17, 15) is 14.9 Å². The van der Waals surface area contributed by atoms with Crippen molar-refractivity contribution >= 4 is 24.8 Å². The molecule has 0 amide bonds. The number of nitrogens with zero attached hydrogens (tertiary/aromatic N) is 1. The monoisotopic (exact) mass is 374 g/mol. The van der Waals surface area contributed by atoms with Crippen molar-refractivity contribution in [3.63, 3.8) is 0 Å². The SMILES string of the molecule is O=C(O)c1c(SCCN2CCC3(CNC3)C2)ccc2c1OB(O)C1CC21. The summed E-state index contributed by atoms with van der Waals surface area (Å²) >= 11 is 1.58. The van der Waals surface area contributed by atoms with Gasteiger partial charge in [0.2, 0.25) is 0 Å². The van der Waals surface area contributed by atoms with Crippen molar-refractivity contribution in [1.29, 1.82) is 0 Å². The van der Waals surface area contributed by atoms with Crippen molar-refractivity contribution < 1.29 is 19.6 Å². The fraction of sp³-hybridized carbons (Fsp3) is 0.611. The first-order valence-corrected chi connectivity index (χ1v) is 10.4. The van der Waals surface area contributed by atoms with E-state index in [0.717, 1.165) is 55.4 Å². The van der Waals surface area contributed by atoms with Crippen LogP contribution >= 0.6 is 11.8 Å². The number of aromatic carboxylic acids is 1. The number of carbonyl (C=O) groups is 1. The summed E-state index contributed by atoms with van der Waals surface area (Å²) in [7, 11) is -0.872. The van der Waals surface area contributed by atoms with Crippen LogP contribution in [0.25, 0.3) is 0 Å². The number of hydrogen-bond donors (Lipinski definition) is 3. The minimum atomic E-state index is -0.976. The molecule has 3 aliphatic heterocycles. The summed E-state index contributed by atoms with van der Waals surface area (Å²) in [5.74, 6) is 0.650. The van der Waals surface area contributed by atoms with Crippen LogP contribution in [0.3, 0.4) is 0 Å². The summed E-state index contributed by atoms with van der Waals surface area (Å²) in [6, 6.07) is 3.91. The zero-order valence-corrected chi connectivity index (χ0v) is 15.4. The van der Waals surface area contributed by atoms with Gasteiger partial charge in [-0.3, -0.25) is 0 Å². The highest BCUT2D eigenvalue weighted by atomic mass is 32.2. The van der Waals surface area contributed by atoms with Crippen LogP contribution in [0.5, 0.6) is 5.75 Å². The predicted octanol–water partition coefficient (Wildman–Crippen LogP) is 1.50. The van der Waals surface area contributed by atoms with Gasteiger partial charge in [0.25, 0.3) is 0 Å². The molecule has 1 spiro atoms. The number of hydrogen-bond acceptors (Lipinski definition) is 6. The van der Waals surface area contributed by atoms with Gasteiger partial charge in [0, 0.05) is 48.1 Å². The highest BCUT2D eigenvalue weighted by Gasteiger charge is 2.54. The molecule has 1 aliphatic carbocycles. The van der Waals surface area contributed by atoms with Crippen LogP contribution in [0.1, 0.15) is 34.7 Å². The quantitative estimate of drug-likeness (QED) is 0.532. The van der Waals surface area contributed by atoms with Crippen LogP contribution in [0.2, 0.25) is 5.82 Å². The second kappa shape index (κ2) is 6.16. The maximum atomic E-state index is 11.9. The second-order valence-electron chi connectivity index (χ2n) is 8.15. The Balaban J connectivity index is 1.28. The molecular formula is C18H23BN2O4S. The van der Waals surface area contributed by atoms with Crippen LogP contribution in [-0.2, 0) is 0 Å². The van der Waals surface area contributed by atoms with E-state index in [-0.39, 0.29) is 17.3 Å². The van der Waals surface area contributed by atoms with Crippen molar-refractivity contribution in [1.82, 2.24) is 10.2 Å². The Hall–Kier alpha value is -1.22. The average Bonchev–Trinajstić information content (AvgIpc) is 3.26. The molecule has 3 fully saturated rings. The van der Waals surface area contributed by atoms with Gasteiger partial charge in [-0.05, 0) is 36.9 Å². The maximum Gasteiger partial charge on any atom is 0.526 e. The van der Waals surface area contributed by atoms with Gasteiger partial charge in [-0.15, -0.1) is 11.8 Å². The first kappa shape index (κ1) is 16.9. The number of rotatable bonds is 5. The predicted molar refractivity (Wildman–Crippen MR) is 100 cm³/mol. The lowest BCUT2D eigenvalue weighted by atomic mass is 9.77. The maximum absolute atomic E-state index is 11.9. The molecule has 1 aromatic carbocycles.